The first kappa shape index (κ1) is 19.9. The van der Waals surface area contributed by atoms with Gasteiger partial charge in [-0.3, -0.25) is 4.79 Å². The van der Waals surface area contributed by atoms with Crippen molar-refractivity contribution in [3.63, 3.8) is 0 Å². The van der Waals surface area contributed by atoms with Crippen LogP contribution in [0.3, 0.4) is 0 Å². The van der Waals surface area contributed by atoms with Crippen LogP contribution in [0.1, 0.15) is 18.0 Å². The Bertz CT molecular complexity index is 382. The standard InChI is InChI=1S/C15H24N2O3.ClH/c1-19-10-8-17(9-11-20-2)15(18)12-14(16)13-6-4-3-5-7-13;/h3-7,14H,8-12,16H2,1-2H3;1H. The van der Waals surface area contributed by atoms with Gasteiger partial charge in [-0.05, 0) is 5.56 Å². The first-order valence-electron chi connectivity index (χ1n) is 6.75. The van der Waals surface area contributed by atoms with Crippen molar-refractivity contribution in [2.45, 2.75) is 12.5 Å². The molecule has 0 aliphatic carbocycles. The zero-order chi connectivity index (χ0) is 14.8. The summed E-state index contributed by atoms with van der Waals surface area (Å²) in [5.74, 6) is 0.0236. The molecule has 0 aliphatic rings. The fourth-order valence-electron chi connectivity index (χ4n) is 1.90. The third-order valence-electron chi connectivity index (χ3n) is 3.11. The Kier molecular flexibility index (Phi) is 10.9. The number of ether oxygens (including phenoxy) is 2. The van der Waals surface area contributed by atoms with E-state index in [0.29, 0.717) is 26.3 Å². The quantitative estimate of drug-likeness (QED) is 0.752. The summed E-state index contributed by atoms with van der Waals surface area (Å²) in [6.45, 7) is 2.13. The molecule has 0 aliphatic heterocycles. The summed E-state index contributed by atoms with van der Waals surface area (Å²) < 4.78 is 10.1. The van der Waals surface area contributed by atoms with Gasteiger partial charge in [0, 0.05) is 39.8 Å². The maximum atomic E-state index is 12.3. The van der Waals surface area contributed by atoms with Gasteiger partial charge in [-0.25, -0.2) is 0 Å². The number of hydrogen-bond acceptors (Lipinski definition) is 4. The Balaban J connectivity index is 0.00000400. The molecule has 1 unspecified atom stereocenters. The SMILES string of the molecule is COCCN(CCOC)C(=O)CC(N)c1ccccc1.Cl. The Morgan fingerprint density at radius 2 is 1.67 bits per heavy atom. The van der Waals surface area contributed by atoms with Crippen molar-refractivity contribution in [1.82, 2.24) is 4.90 Å². The van der Waals surface area contributed by atoms with E-state index in [9.17, 15) is 4.79 Å². The topological polar surface area (TPSA) is 64.8 Å². The smallest absolute Gasteiger partial charge is 0.224 e. The number of nitrogens with zero attached hydrogens (tertiary/aromatic N) is 1. The number of nitrogens with two attached hydrogens (primary N) is 1. The Labute approximate surface area is 132 Å². The van der Waals surface area contributed by atoms with Crippen LogP contribution in [0.2, 0.25) is 0 Å². The lowest BCUT2D eigenvalue weighted by molar-refractivity contribution is -0.132. The minimum atomic E-state index is -0.281. The molecule has 1 atom stereocenters. The molecule has 120 valence electrons. The summed E-state index contributed by atoms with van der Waals surface area (Å²) in [6.07, 6.45) is 0.289. The highest BCUT2D eigenvalue weighted by molar-refractivity contribution is 5.85. The van der Waals surface area contributed by atoms with Crippen molar-refractivity contribution in [2.75, 3.05) is 40.5 Å². The molecule has 1 aromatic carbocycles. The van der Waals surface area contributed by atoms with E-state index >= 15 is 0 Å². The predicted molar refractivity (Wildman–Crippen MR) is 85.6 cm³/mol. The van der Waals surface area contributed by atoms with Gasteiger partial charge < -0.3 is 20.1 Å². The number of benzene rings is 1. The molecule has 0 saturated heterocycles. The van der Waals surface area contributed by atoms with E-state index in [4.69, 9.17) is 15.2 Å². The number of carbonyl (C=O) groups is 1. The minimum Gasteiger partial charge on any atom is -0.383 e. The summed E-state index contributed by atoms with van der Waals surface area (Å²) in [5.41, 5.74) is 7.05. The lowest BCUT2D eigenvalue weighted by Gasteiger charge is -2.23. The Hall–Kier alpha value is -1.14. The van der Waals surface area contributed by atoms with Crippen LogP contribution in [0.15, 0.2) is 30.3 Å². The highest BCUT2D eigenvalue weighted by atomic mass is 35.5. The van der Waals surface area contributed by atoms with E-state index in [1.807, 2.05) is 30.3 Å². The van der Waals surface area contributed by atoms with Gasteiger partial charge in [0.1, 0.15) is 0 Å². The number of hydrogen-bond donors (Lipinski definition) is 1. The summed E-state index contributed by atoms with van der Waals surface area (Å²) >= 11 is 0. The fraction of sp³-hybridized carbons (Fsp3) is 0.533. The zero-order valence-electron chi connectivity index (χ0n) is 12.7. The molecular weight excluding hydrogens is 292 g/mol. The molecule has 0 heterocycles. The number of amides is 1. The lowest BCUT2D eigenvalue weighted by Crippen LogP contribution is -2.38. The van der Waals surface area contributed by atoms with Crippen molar-refractivity contribution < 1.29 is 14.3 Å². The second-order valence-corrected chi connectivity index (χ2v) is 4.59. The summed E-state index contributed by atoms with van der Waals surface area (Å²) in [5, 5.41) is 0. The van der Waals surface area contributed by atoms with Gasteiger partial charge in [0.2, 0.25) is 5.91 Å². The van der Waals surface area contributed by atoms with Gasteiger partial charge in [-0.15, -0.1) is 12.4 Å². The number of methoxy groups -OCH3 is 2. The summed E-state index contributed by atoms with van der Waals surface area (Å²) in [7, 11) is 3.24. The molecule has 0 aromatic heterocycles. The third-order valence-corrected chi connectivity index (χ3v) is 3.11. The molecule has 0 radical (unpaired) electrons. The Morgan fingerprint density at radius 1 is 1.14 bits per heavy atom. The maximum absolute atomic E-state index is 12.3. The second-order valence-electron chi connectivity index (χ2n) is 4.59. The van der Waals surface area contributed by atoms with Crippen molar-refractivity contribution in [3.8, 4) is 0 Å². The second kappa shape index (κ2) is 11.5. The highest BCUT2D eigenvalue weighted by Gasteiger charge is 2.17. The van der Waals surface area contributed by atoms with Gasteiger partial charge in [-0.2, -0.15) is 0 Å². The van der Waals surface area contributed by atoms with Crippen LogP contribution in [0, 0.1) is 0 Å². The summed E-state index contributed by atoms with van der Waals surface area (Å²) in [4.78, 5) is 14.0. The van der Waals surface area contributed by atoms with E-state index in [2.05, 4.69) is 0 Å². The molecule has 5 nitrogen and oxygen atoms in total. The molecule has 1 amide bonds. The van der Waals surface area contributed by atoms with Gasteiger partial charge in [-0.1, -0.05) is 30.3 Å². The van der Waals surface area contributed by atoms with Crippen LogP contribution in [0.25, 0.3) is 0 Å². The molecule has 21 heavy (non-hydrogen) atoms. The molecule has 0 fully saturated rings. The zero-order valence-corrected chi connectivity index (χ0v) is 13.5. The van der Waals surface area contributed by atoms with Gasteiger partial charge in [0.15, 0.2) is 0 Å². The van der Waals surface area contributed by atoms with Gasteiger partial charge in [0.25, 0.3) is 0 Å². The molecule has 0 saturated carbocycles. The van der Waals surface area contributed by atoms with Gasteiger partial charge in [0.05, 0.1) is 13.2 Å². The minimum absolute atomic E-state index is 0. The van der Waals surface area contributed by atoms with Crippen LogP contribution in [0.4, 0.5) is 0 Å². The number of carbonyl (C=O) groups excluding carboxylic acids is 1. The largest absolute Gasteiger partial charge is 0.383 e. The molecule has 6 heteroatoms. The number of halogens is 1. The molecule has 0 spiro atoms. The normalized spacial score (nSPS) is 11.6. The monoisotopic (exact) mass is 316 g/mol. The van der Waals surface area contributed by atoms with Crippen LogP contribution in [0.5, 0.6) is 0 Å². The molecule has 0 bridgehead atoms. The molecule has 2 N–H and O–H groups in total. The van der Waals surface area contributed by atoms with Crippen LogP contribution < -0.4 is 5.73 Å². The first-order valence-corrected chi connectivity index (χ1v) is 6.75. The fourth-order valence-corrected chi connectivity index (χ4v) is 1.90. The van der Waals surface area contributed by atoms with Crippen molar-refractivity contribution in [3.05, 3.63) is 35.9 Å². The predicted octanol–water partition coefficient (Wildman–Crippen LogP) is 1.62. The maximum Gasteiger partial charge on any atom is 0.224 e. The highest BCUT2D eigenvalue weighted by Crippen LogP contribution is 2.14. The average molecular weight is 317 g/mol. The van der Waals surface area contributed by atoms with Crippen LogP contribution >= 0.6 is 12.4 Å². The molecular formula is C15H25ClN2O3. The van der Waals surface area contributed by atoms with E-state index in [0.717, 1.165) is 5.56 Å². The van der Waals surface area contributed by atoms with E-state index < -0.39 is 0 Å². The van der Waals surface area contributed by atoms with E-state index in [1.165, 1.54) is 0 Å². The van der Waals surface area contributed by atoms with Crippen LogP contribution in [-0.4, -0.2) is 51.3 Å². The van der Waals surface area contributed by atoms with Gasteiger partial charge >= 0.3 is 0 Å². The average Bonchev–Trinajstić information content (AvgIpc) is 2.48. The van der Waals surface area contributed by atoms with E-state index in [1.54, 1.807) is 19.1 Å². The lowest BCUT2D eigenvalue weighted by atomic mass is 10.0. The van der Waals surface area contributed by atoms with Crippen molar-refractivity contribution in [1.29, 1.82) is 0 Å². The number of rotatable bonds is 9. The van der Waals surface area contributed by atoms with Crippen molar-refractivity contribution >= 4 is 18.3 Å². The Morgan fingerprint density at radius 3 is 2.14 bits per heavy atom. The van der Waals surface area contributed by atoms with Crippen molar-refractivity contribution in [2.24, 2.45) is 5.73 Å². The van der Waals surface area contributed by atoms with E-state index in [-0.39, 0.29) is 30.8 Å². The summed E-state index contributed by atoms with van der Waals surface area (Å²) in [6, 6.07) is 9.37. The molecule has 1 aromatic rings. The van der Waals surface area contributed by atoms with Crippen LogP contribution in [-0.2, 0) is 14.3 Å². The molecule has 1 rings (SSSR count). The first-order chi connectivity index (χ1) is 9.69. The third kappa shape index (κ3) is 7.43.